The highest BCUT2D eigenvalue weighted by molar-refractivity contribution is 6.33. The van der Waals surface area contributed by atoms with Gasteiger partial charge in [0.1, 0.15) is 23.1 Å². The van der Waals surface area contributed by atoms with E-state index in [1.165, 1.54) is 18.2 Å². The highest BCUT2D eigenvalue weighted by atomic mass is 35.5. The second-order valence-corrected chi connectivity index (χ2v) is 3.92. The normalized spacial score (nSPS) is 10.2. The van der Waals surface area contributed by atoms with Crippen molar-refractivity contribution in [3.05, 3.63) is 58.6 Å². The molecule has 5 heteroatoms. The van der Waals surface area contributed by atoms with Gasteiger partial charge >= 0.3 is 0 Å². The molecule has 0 fully saturated rings. The van der Waals surface area contributed by atoms with E-state index in [4.69, 9.17) is 16.3 Å². The highest BCUT2D eigenvalue weighted by Gasteiger charge is 2.05. The van der Waals surface area contributed by atoms with Crippen LogP contribution in [0, 0.1) is 11.6 Å². The maximum atomic E-state index is 12.9. The summed E-state index contributed by atoms with van der Waals surface area (Å²) in [6.45, 7) is 0. The van der Waals surface area contributed by atoms with E-state index in [1.54, 1.807) is 0 Å². The van der Waals surface area contributed by atoms with Crippen LogP contribution in [0.25, 0.3) is 0 Å². The van der Waals surface area contributed by atoms with Crippen molar-refractivity contribution in [2.24, 2.45) is 0 Å². The molecule has 0 saturated carbocycles. The second kappa shape index (κ2) is 5.14. The van der Waals surface area contributed by atoms with Crippen LogP contribution in [-0.2, 0) is 0 Å². The molecule has 0 spiro atoms. The molecule has 0 aromatic heterocycles. The minimum Gasteiger partial charge on any atom is -0.457 e. The molecule has 0 aliphatic rings. The van der Waals surface area contributed by atoms with E-state index in [1.807, 2.05) is 0 Å². The molecular formula is C13H7ClF2O2. The quantitative estimate of drug-likeness (QED) is 0.779. The molecule has 2 aromatic carbocycles. The predicted octanol–water partition coefficient (Wildman–Crippen LogP) is 4.22. The number of rotatable bonds is 3. The molecule has 18 heavy (non-hydrogen) atoms. The number of ether oxygens (including phenoxy) is 1. The van der Waals surface area contributed by atoms with E-state index in [2.05, 4.69) is 0 Å². The van der Waals surface area contributed by atoms with Crippen LogP contribution in [-0.4, -0.2) is 6.29 Å². The zero-order valence-electron chi connectivity index (χ0n) is 8.99. The van der Waals surface area contributed by atoms with Gasteiger partial charge in [0.05, 0.1) is 5.02 Å². The number of aldehydes is 1. The Morgan fingerprint density at radius 3 is 2.22 bits per heavy atom. The smallest absolute Gasteiger partial charge is 0.151 e. The van der Waals surface area contributed by atoms with Gasteiger partial charge in [0.15, 0.2) is 6.29 Å². The Hall–Kier alpha value is -1.94. The predicted molar refractivity (Wildman–Crippen MR) is 63.3 cm³/mol. The Bertz CT molecular complexity index is 579. The number of halogens is 3. The Morgan fingerprint density at radius 2 is 1.67 bits per heavy atom. The number of carbonyl (C=O) groups excluding carboxylic acids is 1. The number of carbonyl (C=O) groups is 1. The van der Waals surface area contributed by atoms with Crippen molar-refractivity contribution in [2.45, 2.75) is 0 Å². The van der Waals surface area contributed by atoms with Gasteiger partial charge in [0.25, 0.3) is 0 Å². The van der Waals surface area contributed by atoms with Gasteiger partial charge in [-0.05, 0) is 12.1 Å². The fourth-order valence-electron chi connectivity index (χ4n) is 1.39. The van der Waals surface area contributed by atoms with Crippen LogP contribution in [0.15, 0.2) is 36.4 Å². The van der Waals surface area contributed by atoms with Crippen molar-refractivity contribution < 1.29 is 18.3 Å². The zero-order valence-corrected chi connectivity index (χ0v) is 9.75. The third kappa shape index (κ3) is 2.84. The monoisotopic (exact) mass is 268 g/mol. The molecule has 0 atom stereocenters. The molecule has 0 saturated heterocycles. The Morgan fingerprint density at radius 1 is 1.00 bits per heavy atom. The van der Waals surface area contributed by atoms with Crippen LogP contribution in [0.5, 0.6) is 11.5 Å². The summed E-state index contributed by atoms with van der Waals surface area (Å²) in [5.41, 5.74) is 0.314. The van der Waals surface area contributed by atoms with Gasteiger partial charge < -0.3 is 4.74 Å². The van der Waals surface area contributed by atoms with Gasteiger partial charge in [0.2, 0.25) is 0 Å². The summed E-state index contributed by atoms with van der Waals surface area (Å²) in [6, 6.07) is 7.18. The third-order valence-corrected chi connectivity index (χ3v) is 2.50. The van der Waals surface area contributed by atoms with E-state index in [0.717, 1.165) is 18.2 Å². The molecule has 0 N–H and O–H groups in total. The Labute approximate surface area is 107 Å². The standard InChI is InChI=1S/C13H7ClF2O2/c14-13-6-11(2-1-8(13)7-17)18-12-4-9(15)3-10(16)5-12/h1-7H. The first-order chi connectivity index (χ1) is 8.58. The van der Waals surface area contributed by atoms with Crippen LogP contribution in [0.2, 0.25) is 5.02 Å². The maximum absolute atomic E-state index is 12.9. The van der Waals surface area contributed by atoms with Crippen LogP contribution in [0.4, 0.5) is 8.78 Å². The molecule has 2 rings (SSSR count). The number of hydrogen-bond donors (Lipinski definition) is 0. The largest absolute Gasteiger partial charge is 0.457 e. The van der Waals surface area contributed by atoms with Crippen molar-refractivity contribution in [1.29, 1.82) is 0 Å². The summed E-state index contributed by atoms with van der Waals surface area (Å²) in [5, 5.41) is 0.208. The average Bonchev–Trinajstić information content (AvgIpc) is 2.27. The van der Waals surface area contributed by atoms with Crippen LogP contribution in [0.1, 0.15) is 10.4 Å². The van der Waals surface area contributed by atoms with Gasteiger partial charge in [-0.1, -0.05) is 11.6 Å². The molecule has 92 valence electrons. The van der Waals surface area contributed by atoms with E-state index in [0.29, 0.717) is 11.8 Å². The van der Waals surface area contributed by atoms with Crippen LogP contribution >= 0.6 is 11.6 Å². The molecule has 0 bridgehead atoms. The zero-order chi connectivity index (χ0) is 13.1. The minimum atomic E-state index is -0.736. The van der Waals surface area contributed by atoms with Crippen LogP contribution in [0.3, 0.4) is 0 Å². The van der Waals surface area contributed by atoms with Gasteiger partial charge in [0, 0.05) is 29.8 Å². The minimum absolute atomic E-state index is 0.0161. The first-order valence-corrected chi connectivity index (χ1v) is 5.35. The molecule has 0 aliphatic carbocycles. The molecule has 2 nitrogen and oxygen atoms in total. The molecular weight excluding hydrogens is 262 g/mol. The highest BCUT2D eigenvalue weighted by Crippen LogP contribution is 2.27. The summed E-state index contributed by atoms with van der Waals surface area (Å²) in [5.74, 6) is -1.17. The summed E-state index contributed by atoms with van der Waals surface area (Å²) in [4.78, 5) is 10.6. The maximum Gasteiger partial charge on any atom is 0.151 e. The summed E-state index contributed by atoms with van der Waals surface area (Å²) in [7, 11) is 0. The lowest BCUT2D eigenvalue weighted by Gasteiger charge is -2.07. The SMILES string of the molecule is O=Cc1ccc(Oc2cc(F)cc(F)c2)cc1Cl. The Kier molecular flexibility index (Phi) is 3.58. The summed E-state index contributed by atoms with van der Waals surface area (Å²) < 4.78 is 31.1. The van der Waals surface area contributed by atoms with Crippen molar-refractivity contribution in [1.82, 2.24) is 0 Å². The van der Waals surface area contributed by atoms with E-state index in [9.17, 15) is 13.6 Å². The fraction of sp³-hybridized carbons (Fsp3) is 0. The van der Waals surface area contributed by atoms with Crippen molar-refractivity contribution in [3.8, 4) is 11.5 Å². The molecule has 0 unspecified atom stereocenters. The average molecular weight is 269 g/mol. The van der Waals surface area contributed by atoms with Gasteiger partial charge in [-0.2, -0.15) is 0 Å². The molecule has 0 heterocycles. The topological polar surface area (TPSA) is 26.3 Å². The van der Waals surface area contributed by atoms with Crippen molar-refractivity contribution >= 4 is 17.9 Å². The van der Waals surface area contributed by atoms with Gasteiger partial charge in [-0.3, -0.25) is 4.79 Å². The third-order valence-electron chi connectivity index (χ3n) is 2.17. The second-order valence-electron chi connectivity index (χ2n) is 3.51. The van der Waals surface area contributed by atoms with Crippen LogP contribution < -0.4 is 4.74 Å². The number of benzene rings is 2. The van der Waals surface area contributed by atoms with Crippen molar-refractivity contribution in [2.75, 3.05) is 0 Å². The Balaban J connectivity index is 2.28. The van der Waals surface area contributed by atoms with E-state index < -0.39 is 11.6 Å². The number of hydrogen-bond acceptors (Lipinski definition) is 2. The van der Waals surface area contributed by atoms with E-state index >= 15 is 0 Å². The first kappa shape index (κ1) is 12.5. The lowest BCUT2D eigenvalue weighted by Crippen LogP contribution is -1.89. The first-order valence-electron chi connectivity index (χ1n) is 4.97. The summed E-state index contributed by atoms with van der Waals surface area (Å²) in [6.07, 6.45) is 0.605. The lowest BCUT2D eigenvalue weighted by atomic mass is 10.2. The summed E-state index contributed by atoms with van der Waals surface area (Å²) >= 11 is 5.80. The van der Waals surface area contributed by atoms with E-state index in [-0.39, 0.29) is 16.5 Å². The van der Waals surface area contributed by atoms with Crippen molar-refractivity contribution in [3.63, 3.8) is 0 Å². The molecule has 2 aromatic rings. The molecule has 0 aliphatic heterocycles. The lowest BCUT2D eigenvalue weighted by molar-refractivity contribution is 0.112. The van der Waals surface area contributed by atoms with Gasteiger partial charge in [-0.25, -0.2) is 8.78 Å². The fourth-order valence-corrected chi connectivity index (χ4v) is 1.61. The molecule has 0 radical (unpaired) electrons. The van der Waals surface area contributed by atoms with Gasteiger partial charge in [-0.15, -0.1) is 0 Å². The molecule has 0 amide bonds.